The van der Waals surface area contributed by atoms with Crippen LogP contribution in [0.25, 0.3) is 0 Å². The van der Waals surface area contributed by atoms with Gasteiger partial charge in [-0.2, -0.15) is 0 Å². The molecule has 6 nitrogen and oxygen atoms in total. The Morgan fingerprint density at radius 1 is 0.957 bits per heavy atom. The number of hydrogen-bond acceptors (Lipinski definition) is 6. The molecule has 0 fully saturated rings. The lowest BCUT2D eigenvalue weighted by molar-refractivity contribution is -0.147. The van der Waals surface area contributed by atoms with Gasteiger partial charge in [-0.3, -0.25) is 14.4 Å². The van der Waals surface area contributed by atoms with E-state index in [-0.39, 0.29) is 36.6 Å². The minimum atomic E-state index is -0.487. The molecule has 0 spiro atoms. The monoisotopic (exact) mass is 327 g/mol. The quantitative estimate of drug-likeness (QED) is 0.409. The summed E-state index contributed by atoms with van der Waals surface area (Å²) in [6, 6.07) is 0. The fourth-order valence-electron chi connectivity index (χ4n) is 2.46. The second-order valence-corrected chi connectivity index (χ2v) is 6.00. The number of nitrogens with two attached hydrogens (primary N) is 1. The highest BCUT2D eigenvalue weighted by Crippen LogP contribution is 2.20. The maximum absolute atomic E-state index is 12.2. The van der Waals surface area contributed by atoms with Gasteiger partial charge in [0.25, 0.3) is 0 Å². The zero-order chi connectivity index (χ0) is 17.8. The first-order valence-corrected chi connectivity index (χ1v) is 8.11. The van der Waals surface area contributed by atoms with Crippen LogP contribution in [0.5, 0.6) is 0 Å². The van der Waals surface area contributed by atoms with Crippen LogP contribution in [0.4, 0.5) is 0 Å². The zero-order valence-corrected chi connectivity index (χ0v) is 14.4. The van der Waals surface area contributed by atoms with E-state index < -0.39 is 17.8 Å². The van der Waals surface area contributed by atoms with Gasteiger partial charge in [0.1, 0.15) is 17.3 Å². The van der Waals surface area contributed by atoms with Crippen molar-refractivity contribution < 1.29 is 23.9 Å². The summed E-state index contributed by atoms with van der Waals surface area (Å²) in [6.07, 6.45) is 2.91. The van der Waals surface area contributed by atoms with Crippen LogP contribution in [0, 0.1) is 11.8 Å². The van der Waals surface area contributed by atoms with Crippen molar-refractivity contribution in [2.45, 2.75) is 58.8 Å². The van der Waals surface area contributed by atoms with Crippen LogP contribution in [0.3, 0.4) is 0 Å². The molecule has 0 radical (unpaired) electrons. The highest BCUT2D eigenvalue weighted by Gasteiger charge is 2.25. The van der Waals surface area contributed by atoms with Gasteiger partial charge in [-0.15, -0.1) is 0 Å². The van der Waals surface area contributed by atoms with E-state index in [0.29, 0.717) is 19.4 Å². The van der Waals surface area contributed by atoms with Gasteiger partial charge < -0.3 is 15.3 Å². The predicted molar refractivity (Wildman–Crippen MR) is 86.7 cm³/mol. The normalized spacial score (nSPS) is 13.2. The van der Waals surface area contributed by atoms with Crippen LogP contribution in [0.15, 0.2) is 0 Å². The van der Waals surface area contributed by atoms with Crippen molar-refractivity contribution >= 4 is 23.3 Å². The molecule has 0 heterocycles. The van der Waals surface area contributed by atoms with E-state index in [1.165, 1.54) is 21.0 Å². The molecule has 23 heavy (non-hydrogen) atoms. The van der Waals surface area contributed by atoms with Crippen molar-refractivity contribution in [2.24, 2.45) is 17.6 Å². The molecule has 0 aliphatic carbocycles. The van der Waals surface area contributed by atoms with Gasteiger partial charge >= 0.3 is 5.97 Å². The summed E-state index contributed by atoms with van der Waals surface area (Å²) in [4.78, 5) is 46.6. The summed E-state index contributed by atoms with van der Waals surface area (Å²) in [5.74, 6) is -1.58. The largest absolute Gasteiger partial charge is 0.469 e. The summed E-state index contributed by atoms with van der Waals surface area (Å²) in [7, 11) is 1.30. The van der Waals surface area contributed by atoms with E-state index in [2.05, 4.69) is 0 Å². The molecule has 0 amide bonds. The summed E-state index contributed by atoms with van der Waals surface area (Å²) in [5, 5.41) is 0. The van der Waals surface area contributed by atoms with Crippen molar-refractivity contribution in [2.75, 3.05) is 13.7 Å². The fourth-order valence-corrected chi connectivity index (χ4v) is 2.46. The molecular weight excluding hydrogens is 298 g/mol. The SMILES string of the molecule is COC(=O)[C@H](CCCCN)CC(=O)C[C@@H](CCC(C)=O)C(C)=O. The number of unbranched alkanes of at least 4 members (excludes halogenated alkanes) is 1. The second kappa shape index (κ2) is 11.9. The van der Waals surface area contributed by atoms with Gasteiger partial charge in [0.15, 0.2) is 0 Å². The number of rotatable bonds is 13. The smallest absolute Gasteiger partial charge is 0.309 e. The van der Waals surface area contributed by atoms with Crippen LogP contribution in [0.1, 0.15) is 58.8 Å². The van der Waals surface area contributed by atoms with Crippen LogP contribution in [-0.4, -0.2) is 37.0 Å². The maximum atomic E-state index is 12.2. The Bertz CT molecular complexity index is 419. The molecule has 0 bridgehead atoms. The standard InChI is InChI=1S/C17H29NO5/c1-12(19)7-8-14(13(2)20)10-16(21)11-15(17(22)23-3)6-4-5-9-18/h14-15H,4-11,18H2,1-3H3/t14-,15-/m1/s1. The fraction of sp³-hybridized carbons (Fsp3) is 0.765. The molecular formula is C17H29NO5. The topological polar surface area (TPSA) is 104 Å². The third kappa shape index (κ3) is 9.94. The summed E-state index contributed by atoms with van der Waals surface area (Å²) < 4.78 is 4.74. The van der Waals surface area contributed by atoms with E-state index in [1.54, 1.807) is 0 Å². The van der Waals surface area contributed by atoms with Gasteiger partial charge in [0, 0.05) is 25.2 Å². The van der Waals surface area contributed by atoms with Crippen molar-refractivity contribution in [1.29, 1.82) is 0 Å². The van der Waals surface area contributed by atoms with Gasteiger partial charge in [-0.05, 0) is 39.7 Å². The van der Waals surface area contributed by atoms with E-state index >= 15 is 0 Å². The Morgan fingerprint density at radius 2 is 1.57 bits per heavy atom. The van der Waals surface area contributed by atoms with Crippen LogP contribution in [0.2, 0.25) is 0 Å². The molecule has 0 rings (SSSR count). The Labute approximate surface area is 138 Å². The minimum Gasteiger partial charge on any atom is -0.469 e. The van der Waals surface area contributed by atoms with E-state index in [0.717, 1.165) is 12.8 Å². The number of Topliss-reactive ketones (excluding diaryl/α,β-unsaturated/α-hetero) is 3. The average molecular weight is 327 g/mol. The van der Waals surface area contributed by atoms with Crippen molar-refractivity contribution in [3.8, 4) is 0 Å². The molecule has 0 saturated carbocycles. The highest BCUT2D eigenvalue weighted by atomic mass is 16.5. The lowest BCUT2D eigenvalue weighted by atomic mass is 9.88. The van der Waals surface area contributed by atoms with Crippen LogP contribution < -0.4 is 5.73 Å². The van der Waals surface area contributed by atoms with Crippen molar-refractivity contribution in [3.05, 3.63) is 0 Å². The molecule has 2 N–H and O–H groups in total. The molecule has 0 saturated heterocycles. The third-order valence-corrected chi connectivity index (χ3v) is 3.91. The molecule has 0 aliphatic rings. The van der Waals surface area contributed by atoms with E-state index in [9.17, 15) is 19.2 Å². The minimum absolute atomic E-state index is 0.00193. The summed E-state index contributed by atoms with van der Waals surface area (Å²) in [6.45, 7) is 3.43. The first-order valence-electron chi connectivity index (χ1n) is 8.11. The molecule has 2 atom stereocenters. The second-order valence-electron chi connectivity index (χ2n) is 6.00. The lowest BCUT2D eigenvalue weighted by Gasteiger charge is -2.16. The van der Waals surface area contributed by atoms with Gasteiger partial charge in [-0.25, -0.2) is 0 Å². The number of carbonyl (C=O) groups is 4. The highest BCUT2D eigenvalue weighted by molar-refractivity contribution is 5.89. The number of carbonyl (C=O) groups excluding carboxylic acids is 4. The Balaban J connectivity index is 4.59. The molecule has 132 valence electrons. The number of ketones is 3. The van der Waals surface area contributed by atoms with Gasteiger partial charge in [0.2, 0.25) is 0 Å². The van der Waals surface area contributed by atoms with Crippen molar-refractivity contribution in [3.63, 3.8) is 0 Å². The number of ether oxygens (including phenoxy) is 1. The number of methoxy groups -OCH3 is 1. The molecule has 0 aliphatic heterocycles. The average Bonchev–Trinajstić information content (AvgIpc) is 2.49. The summed E-state index contributed by atoms with van der Waals surface area (Å²) in [5.41, 5.74) is 5.43. The summed E-state index contributed by atoms with van der Waals surface area (Å²) >= 11 is 0. The maximum Gasteiger partial charge on any atom is 0.309 e. The molecule has 6 heteroatoms. The molecule has 0 aromatic heterocycles. The number of esters is 1. The van der Waals surface area contributed by atoms with Crippen molar-refractivity contribution in [1.82, 2.24) is 0 Å². The van der Waals surface area contributed by atoms with Gasteiger partial charge in [-0.1, -0.05) is 6.42 Å². The van der Waals surface area contributed by atoms with Crippen LogP contribution in [-0.2, 0) is 23.9 Å². The molecule has 0 aromatic carbocycles. The first-order chi connectivity index (χ1) is 10.8. The van der Waals surface area contributed by atoms with Crippen LogP contribution >= 0.6 is 0 Å². The Hall–Kier alpha value is -1.56. The van der Waals surface area contributed by atoms with E-state index in [4.69, 9.17) is 10.5 Å². The number of hydrogen-bond donors (Lipinski definition) is 1. The lowest BCUT2D eigenvalue weighted by Crippen LogP contribution is -2.23. The predicted octanol–water partition coefficient (Wildman–Crippen LogP) is 1.83. The molecule has 0 aromatic rings. The Morgan fingerprint density at radius 3 is 2.04 bits per heavy atom. The van der Waals surface area contributed by atoms with Gasteiger partial charge in [0.05, 0.1) is 13.0 Å². The Kier molecular flexibility index (Phi) is 11.1. The zero-order valence-electron chi connectivity index (χ0n) is 14.4. The molecule has 0 unspecified atom stereocenters. The van der Waals surface area contributed by atoms with E-state index in [1.807, 2.05) is 0 Å². The third-order valence-electron chi connectivity index (χ3n) is 3.91. The first kappa shape index (κ1) is 21.4.